The minimum atomic E-state index is 0.639. The summed E-state index contributed by atoms with van der Waals surface area (Å²) in [5.74, 6) is 0. The first-order valence-electron chi connectivity index (χ1n) is 3.37. The molecule has 0 spiro atoms. The average Bonchev–Trinajstić information content (AvgIpc) is 1.83. The summed E-state index contributed by atoms with van der Waals surface area (Å²) in [7, 11) is 3.63. The first-order valence-corrected chi connectivity index (χ1v) is 3.37. The van der Waals surface area contributed by atoms with Gasteiger partial charge in [0.05, 0.1) is 0 Å². The zero-order chi connectivity index (χ0) is 6.41. The van der Waals surface area contributed by atoms with Crippen LogP contribution in [0.4, 0.5) is 0 Å². The fourth-order valence-electron chi connectivity index (χ4n) is 0.799. The van der Waals surface area contributed by atoms with Crippen LogP contribution in [0.25, 0.3) is 0 Å². The third kappa shape index (κ3) is 3.03. The summed E-state index contributed by atoms with van der Waals surface area (Å²) in [5.41, 5.74) is 0. The molecule has 0 aromatic heterocycles. The molecule has 0 aliphatic rings. The molecular formula is C7H16N. The Morgan fingerprint density at radius 1 is 1.50 bits per heavy atom. The predicted molar refractivity (Wildman–Crippen MR) is 37.5 cm³/mol. The third-order valence-electron chi connectivity index (χ3n) is 1.42. The highest BCUT2D eigenvalue weighted by molar-refractivity contribution is 4.61. The van der Waals surface area contributed by atoms with Crippen LogP contribution < -0.4 is 5.32 Å². The maximum absolute atomic E-state index is 3.63. The van der Waals surface area contributed by atoms with E-state index in [9.17, 15) is 0 Å². The second kappa shape index (κ2) is 5.10. The molecule has 0 saturated heterocycles. The molecule has 1 heteroatoms. The first kappa shape index (κ1) is 7.96. The summed E-state index contributed by atoms with van der Waals surface area (Å²) in [6.45, 7) is 4.37. The monoisotopic (exact) mass is 114 g/mol. The predicted octanol–water partition coefficient (Wildman–Crippen LogP) is 1.95. The highest BCUT2D eigenvalue weighted by atomic mass is 14.9. The van der Waals surface area contributed by atoms with E-state index in [1.165, 1.54) is 19.3 Å². The van der Waals surface area contributed by atoms with E-state index in [-0.39, 0.29) is 0 Å². The van der Waals surface area contributed by atoms with Gasteiger partial charge in [-0.2, -0.15) is 0 Å². The summed E-state index contributed by atoms with van der Waals surface area (Å²) in [5, 5.41) is 3.00. The Morgan fingerprint density at radius 3 is 2.25 bits per heavy atom. The van der Waals surface area contributed by atoms with Crippen molar-refractivity contribution in [1.29, 1.82) is 0 Å². The minimum Gasteiger partial charge on any atom is -0.313 e. The Hall–Kier alpha value is -0.0400. The van der Waals surface area contributed by atoms with Gasteiger partial charge in [0.1, 0.15) is 0 Å². The smallest absolute Gasteiger partial charge is 0.00794 e. The lowest BCUT2D eigenvalue weighted by atomic mass is 10.1. The molecule has 0 amide bonds. The molecule has 0 aromatic carbocycles. The molecule has 1 N–H and O–H groups in total. The lowest BCUT2D eigenvalue weighted by Crippen LogP contribution is -2.21. The Morgan fingerprint density at radius 2 is 2.12 bits per heavy atom. The van der Waals surface area contributed by atoms with Crippen LogP contribution in [0.5, 0.6) is 0 Å². The van der Waals surface area contributed by atoms with Crippen molar-refractivity contribution in [3.8, 4) is 0 Å². The van der Waals surface area contributed by atoms with Crippen molar-refractivity contribution in [2.24, 2.45) is 0 Å². The molecule has 1 radical (unpaired) electrons. The SMILES string of the molecule is [CH2]NC(CC)CCC. The minimum absolute atomic E-state index is 0.639. The molecule has 1 nitrogen and oxygen atoms in total. The van der Waals surface area contributed by atoms with Crippen molar-refractivity contribution >= 4 is 0 Å². The molecule has 0 aromatic rings. The van der Waals surface area contributed by atoms with Crippen molar-refractivity contribution in [1.82, 2.24) is 5.32 Å². The summed E-state index contributed by atoms with van der Waals surface area (Å²) in [6.07, 6.45) is 3.69. The van der Waals surface area contributed by atoms with E-state index in [1.54, 1.807) is 0 Å². The van der Waals surface area contributed by atoms with Gasteiger partial charge in [-0.05, 0) is 12.8 Å². The van der Waals surface area contributed by atoms with Gasteiger partial charge in [-0.15, -0.1) is 0 Å². The van der Waals surface area contributed by atoms with Crippen molar-refractivity contribution in [2.45, 2.75) is 39.2 Å². The number of hydrogen-bond acceptors (Lipinski definition) is 1. The van der Waals surface area contributed by atoms with Gasteiger partial charge >= 0.3 is 0 Å². The molecule has 1 atom stereocenters. The molecule has 0 saturated carbocycles. The van der Waals surface area contributed by atoms with Crippen molar-refractivity contribution in [3.05, 3.63) is 7.05 Å². The van der Waals surface area contributed by atoms with Crippen LogP contribution in [0.15, 0.2) is 0 Å². The fourth-order valence-corrected chi connectivity index (χ4v) is 0.799. The molecule has 0 bridgehead atoms. The van der Waals surface area contributed by atoms with Crippen LogP contribution >= 0.6 is 0 Å². The van der Waals surface area contributed by atoms with Gasteiger partial charge < -0.3 is 5.32 Å². The summed E-state index contributed by atoms with van der Waals surface area (Å²) < 4.78 is 0. The first-order chi connectivity index (χ1) is 3.85. The van der Waals surface area contributed by atoms with E-state index >= 15 is 0 Å². The summed E-state index contributed by atoms with van der Waals surface area (Å²) in [4.78, 5) is 0. The van der Waals surface area contributed by atoms with E-state index in [2.05, 4.69) is 26.2 Å². The maximum Gasteiger partial charge on any atom is 0.00794 e. The Kier molecular flexibility index (Phi) is 5.08. The average molecular weight is 114 g/mol. The Labute approximate surface area is 52.5 Å². The lowest BCUT2D eigenvalue weighted by Gasteiger charge is -2.10. The standard InChI is InChI=1S/C7H16N/c1-4-6-7(5-2)8-3/h7-8H,3-6H2,1-2H3. The Balaban J connectivity index is 3.07. The van der Waals surface area contributed by atoms with Crippen LogP contribution in [0.2, 0.25) is 0 Å². The summed E-state index contributed by atoms with van der Waals surface area (Å²) in [6, 6.07) is 0.639. The molecule has 49 valence electrons. The third-order valence-corrected chi connectivity index (χ3v) is 1.42. The molecule has 0 rings (SSSR count). The normalized spacial score (nSPS) is 13.9. The Bertz CT molecular complexity index is 39.7. The van der Waals surface area contributed by atoms with Gasteiger partial charge in [0, 0.05) is 13.1 Å². The number of hydrogen-bond donors (Lipinski definition) is 1. The fraction of sp³-hybridized carbons (Fsp3) is 0.857. The van der Waals surface area contributed by atoms with Crippen molar-refractivity contribution < 1.29 is 0 Å². The van der Waals surface area contributed by atoms with Crippen LogP contribution in [0.1, 0.15) is 33.1 Å². The van der Waals surface area contributed by atoms with Crippen LogP contribution in [0.3, 0.4) is 0 Å². The van der Waals surface area contributed by atoms with E-state index in [0.717, 1.165) is 0 Å². The van der Waals surface area contributed by atoms with Crippen LogP contribution in [-0.4, -0.2) is 6.04 Å². The molecule has 8 heavy (non-hydrogen) atoms. The number of rotatable bonds is 4. The lowest BCUT2D eigenvalue weighted by molar-refractivity contribution is 0.518. The molecule has 0 aliphatic heterocycles. The molecule has 0 aliphatic carbocycles. The number of nitrogens with one attached hydrogen (secondary N) is 1. The molecule has 0 heterocycles. The summed E-state index contributed by atoms with van der Waals surface area (Å²) >= 11 is 0. The highest BCUT2D eigenvalue weighted by Gasteiger charge is 1.97. The van der Waals surface area contributed by atoms with Gasteiger partial charge in [0.25, 0.3) is 0 Å². The van der Waals surface area contributed by atoms with E-state index < -0.39 is 0 Å². The quantitative estimate of drug-likeness (QED) is 0.589. The van der Waals surface area contributed by atoms with E-state index in [4.69, 9.17) is 0 Å². The molecule has 0 fully saturated rings. The van der Waals surface area contributed by atoms with Gasteiger partial charge in [0.2, 0.25) is 0 Å². The molecular weight excluding hydrogens is 98.1 g/mol. The van der Waals surface area contributed by atoms with E-state index in [1.807, 2.05) is 0 Å². The van der Waals surface area contributed by atoms with Gasteiger partial charge in [-0.3, -0.25) is 0 Å². The maximum atomic E-state index is 3.63. The topological polar surface area (TPSA) is 12.0 Å². The van der Waals surface area contributed by atoms with Crippen LogP contribution in [-0.2, 0) is 0 Å². The van der Waals surface area contributed by atoms with Gasteiger partial charge in [-0.1, -0.05) is 20.3 Å². The second-order valence-electron chi connectivity index (χ2n) is 2.10. The largest absolute Gasteiger partial charge is 0.313 e. The van der Waals surface area contributed by atoms with Crippen molar-refractivity contribution in [2.75, 3.05) is 0 Å². The van der Waals surface area contributed by atoms with Gasteiger partial charge in [0.15, 0.2) is 0 Å². The van der Waals surface area contributed by atoms with E-state index in [0.29, 0.717) is 6.04 Å². The zero-order valence-corrected chi connectivity index (χ0v) is 5.91. The highest BCUT2D eigenvalue weighted by Crippen LogP contribution is 1.98. The molecule has 1 unspecified atom stereocenters. The van der Waals surface area contributed by atoms with Gasteiger partial charge in [-0.25, -0.2) is 0 Å². The second-order valence-corrected chi connectivity index (χ2v) is 2.10. The van der Waals surface area contributed by atoms with Crippen LogP contribution in [0, 0.1) is 7.05 Å². The zero-order valence-electron chi connectivity index (χ0n) is 5.91. The van der Waals surface area contributed by atoms with Crippen molar-refractivity contribution in [3.63, 3.8) is 0 Å².